The molecule has 0 aliphatic rings. The van der Waals surface area contributed by atoms with Crippen LogP contribution in [0.1, 0.15) is 10.4 Å². The number of thiocarbonyl (C=S) groups is 1. The lowest BCUT2D eigenvalue weighted by atomic mass is 10.3. The highest BCUT2D eigenvalue weighted by atomic mass is 32.1. The van der Waals surface area contributed by atoms with Gasteiger partial charge in [-0.3, -0.25) is 20.2 Å². The van der Waals surface area contributed by atoms with Gasteiger partial charge in [0.25, 0.3) is 5.91 Å². The lowest BCUT2D eigenvalue weighted by Gasteiger charge is -2.08. The number of rotatable bonds is 3. The molecule has 0 aliphatic heterocycles. The van der Waals surface area contributed by atoms with Gasteiger partial charge in [0.2, 0.25) is 0 Å². The third kappa shape index (κ3) is 3.76. The summed E-state index contributed by atoms with van der Waals surface area (Å²) in [6, 6.07) is 7.03. The predicted molar refractivity (Wildman–Crippen MR) is 77.2 cm³/mol. The van der Waals surface area contributed by atoms with Gasteiger partial charge in [-0.1, -0.05) is 0 Å². The number of nitro groups is 1. The lowest BCUT2D eigenvalue weighted by molar-refractivity contribution is -0.402. The zero-order valence-corrected chi connectivity index (χ0v) is 11.2. The molecular weight excluding hydrogens is 298 g/mol. The van der Waals surface area contributed by atoms with Gasteiger partial charge in [0.15, 0.2) is 5.11 Å². The predicted octanol–water partition coefficient (Wildman–Crippen LogP) is 2.02. The van der Waals surface area contributed by atoms with Crippen LogP contribution in [-0.4, -0.2) is 21.0 Å². The van der Waals surface area contributed by atoms with E-state index in [0.29, 0.717) is 5.69 Å². The quantitative estimate of drug-likeness (QED) is 0.343. The molecule has 0 bridgehead atoms. The maximum absolute atomic E-state index is 11.8. The Kier molecular flexibility index (Phi) is 4.14. The van der Waals surface area contributed by atoms with E-state index < -0.39 is 16.7 Å². The van der Waals surface area contributed by atoms with Crippen molar-refractivity contribution < 1.29 is 19.2 Å². The number of amides is 1. The Morgan fingerprint density at radius 1 is 1.33 bits per heavy atom. The van der Waals surface area contributed by atoms with Crippen LogP contribution in [0.15, 0.2) is 41.0 Å². The van der Waals surface area contributed by atoms with Crippen LogP contribution in [0.5, 0.6) is 5.75 Å². The third-order valence-electron chi connectivity index (χ3n) is 2.38. The number of furan rings is 1. The number of hydrogen-bond acceptors (Lipinski definition) is 6. The largest absolute Gasteiger partial charge is 0.508 e. The molecule has 108 valence electrons. The van der Waals surface area contributed by atoms with E-state index in [1.54, 1.807) is 12.1 Å². The Morgan fingerprint density at radius 2 is 2.00 bits per heavy atom. The fourth-order valence-electron chi connectivity index (χ4n) is 1.42. The first kappa shape index (κ1) is 14.5. The molecule has 2 rings (SSSR count). The molecule has 0 radical (unpaired) electrons. The highest BCUT2D eigenvalue weighted by molar-refractivity contribution is 7.80. The highest BCUT2D eigenvalue weighted by Gasteiger charge is 2.17. The van der Waals surface area contributed by atoms with Gasteiger partial charge in [-0.2, -0.15) is 0 Å². The summed E-state index contributed by atoms with van der Waals surface area (Å²) in [4.78, 5) is 21.5. The van der Waals surface area contributed by atoms with Crippen molar-refractivity contribution in [3.8, 4) is 5.75 Å². The molecule has 2 aromatic rings. The smallest absolute Gasteiger partial charge is 0.433 e. The van der Waals surface area contributed by atoms with Crippen molar-refractivity contribution in [1.82, 2.24) is 5.32 Å². The van der Waals surface area contributed by atoms with Crippen LogP contribution < -0.4 is 10.6 Å². The summed E-state index contributed by atoms with van der Waals surface area (Å²) in [6.07, 6.45) is 0.969. The summed E-state index contributed by atoms with van der Waals surface area (Å²) in [7, 11) is 0. The average molecular weight is 307 g/mol. The van der Waals surface area contributed by atoms with E-state index in [2.05, 4.69) is 15.1 Å². The second-order valence-electron chi connectivity index (χ2n) is 3.89. The van der Waals surface area contributed by atoms with Crippen LogP contribution in [0.2, 0.25) is 0 Å². The molecule has 9 heteroatoms. The number of benzene rings is 1. The van der Waals surface area contributed by atoms with Gasteiger partial charge in [0, 0.05) is 5.69 Å². The summed E-state index contributed by atoms with van der Waals surface area (Å²) in [5.41, 5.74) is 0.549. The summed E-state index contributed by atoms with van der Waals surface area (Å²) in [5, 5.41) is 24.7. The lowest BCUT2D eigenvalue weighted by Crippen LogP contribution is -2.33. The van der Waals surface area contributed by atoms with Crippen molar-refractivity contribution in [2.45, 2.75) is 0 Å². The van der Waals surface area contributed by atoms with Gasteiger partial charge in [-0.25, -0.2) is 0 Å². The molecule has 0 atom stereocenters. The molecule has 1 heterocycles. The molecule has 0 aliphatic carbocycles. The normalized spacial score (nSPS) is 9.90. The molecule has 21 heavy (non-hydrogen) atoms. The fourth-order valence-corrected chi connectivity index (χ4v) is 1.63. The van der Waals surface area contributed by atoms with Crippen molar-refractivity contribution in [3.63, 3.8) is 0 Å². The Balaban J connectivity index is 1.96. The second-order valence-corrected chi connectivity index (χ2v) is 4.29. The van der Waals surface area contributed by atoms with E-state index in [-0.39, 0.29) is 16.4 Å². The van der Waals surface area contributed by atoms with Gasteiger partial charge < -0.3 is 14.8 Å². The Morgan fingerprint density at radius 3 is 2.57 bits per heavy atom. The van der Waals surface area contributed by atoms with Crippen molar-refractivity contribution in [3.05, 3.63) is 52.3 Å². The first-order valence-corrected chi connectivity index (χ1v) is 6.01. The zero-order valence-electron chi connectivity index (χ0n) is 10.4. The average Bonchev–Trinajstić information content (AvgIpc) is 2.91. The number of hydrogen-bond donors (Lipinski definition) is 3. The molecule has 1 amide bonds. The minimum absolute atomic E-state index is 0.00884. The van der Waals surface area contributed by atoms with Crippen LogP contribution >= 0.6 is 12.2 Å². The van der Waals surface area contributed by atoms with Gasteiger partial charge in [-0.15, -0.1) is 0 Å². The third-order valence-corrected chi connectivity index (χ3v) is 2.58. The molecule has 0 saturated carbocycles. The minimum atomic E-state index is -0.746. The molecular formula is C12H9N3O5S. The molecule has 0 fully saturated rings. The summed E-state index contributed by atoms with van der Waals surface area (Å²) < 4.78 is 4.61. The second kappa shape index (κ2) is 6.01. The minimum Gasteiger partial charge on any atom is -0.508 e. The molecule has 8 nitrogen and oxygen atoms in total. The molecule has 3 N–H and O–H groups in total. The van der Waals surface area contributed by atoms with E-state index >= 15 is 0 Å². The molecule has 0 unspecified atom stereocenters. The van der Waals surface area contributed by atoms with Crippen LogP contribution in [0.3, 0.4) is 0 Å². The van der Waals surface area contributed by atoms with Crippen LogP contribution in [-0.2, 0) is 0 Å². The molecule has 0 spiro atoms. The Bertz CT molecular complexity index is 695. The van der Waals surface area contributed by atoms with Crippen LogP contribution in [0.4, 0.5) is 11.6 Å². The standard InChI is InChI=1S/C12H9N3O5S/c16-9-3-1-8(2-4-9)13-12(21)14-11(17)7-5-10(15(18)19)20-6-7/h1-6,16H,(H2,13,14,17,21). The fraction of sp³-hybridized carbons (Fsp3) is 0. The van der Waals surface area contributed by atoms with Crippen LogP contribution in [0, 0.1) is 10.1 Å². The zero-order chi connectivity index (χ0) is 15.4. The molecule has 1 aromatic heterocycles. The summed E-state index contributed by atoms with van der Waals surface area (Å²) >= 11 is 4.93. The molecule has 1 aromatic carbocycles. The van der Waals surface area contributed by atoms with E-state index in [9.17, 15) is 14.9 Å². The van der Waals surface area contributed by atoms with Crippen molar-refractivity contribution in [2.75, 3.05) is 5.32 Å². The number of phenols is 1. The number of carbonyl (C=O) groups is 1. The first-order chi connectivity index (χ1) is 9.95. The van der Waals surface area contributed by atoms with Gasteiger partial charge in [-0.05, 0) is 36.5 Å². The van der Waals surface area contributed by atoms with Crippen molar-refractivity contribution in [1.29, 1.82) is 0 Å². The molecule has 0 saturated heterocycles. The van der Waals surface area contributed by atoms with Gasteiger partial charge in [0.05, 0.1) is 11.6 Å². The SMILES string of the molecule is O=C(NC(=S)Nc1ccc(O)cc1)c1coc([N+](=O)[O-])c1. The maximum atomic E-state index is 11.8. The number of anilines is 1. The number of phenolic OH excluding ortho intramolecular Hbond substituents is 1. The summed E-state index contributed by atoms with van der Waals surface area (Å²) in [6.45, 7) is 0. The van der Waals surface area contributed by atoms with Gasteiger partial charge in [0.1, 0.15) is 16.9 Å². The van der Waals surface area contributed by atoms with E-state index in [1.807, 2.05) is 0 Å². The van der Waals surface area contributed by atoms with Crippen LogP contribution in [0.25, 0.3) is 0 Å². The number of nitrogens with zero attached hydrogens (tertiary/aromatic N) is 1. The number of aromatic hydroxyl groups is 1. The Hall–Kier alpha value is -2.94. The summed E-state index contributed by atoms with van der Waals surface area (Å²) in [5.74, 6) is -1.07. The van der Waals surface area contributed by atoms with Crippen molar-refractivity contribution in [2.24, 2.45) is 0 Å². The monoisotopic (exact) mass is 307 g/mol. The van der Waals surface area contributed by atoms with E-state index in [1.165, 1.54) is 12.1 Å². The Labute approximate surface area is 123 Å². The van der Waals surface area contributed by atoms with E-state index in [4.69, 9.17) is 17.3 Å². The number of carbonyl (C=O) groups excluding carboxylic acids is 1. The maximum Gasteiger partial charge on any atom is 0.433 e. The highest BCUT2D eigenvalue weighted by Crippen LogP contribution is 2.16. The van der Waals surface area contributed by atoms with Crippen molar-refractivity contribution >= 4 is 34.8 Å². The topological polar surface area (TPSA) is 118 Å². The number of nitrogens with one attached hydrogen (secondary N) is 2. The first-order valence-electron chi connectivity index (χ1n) is 5.60. The van der Waals surface area contributed by atoms with E-state index in [0.717, 1.165) is 12.3 Å². The van der Waals surface area contributed by atoms with Gasteiger partial charge >= 0.3 is 5.88 Å².